The maximum Gasteiger partial charge on any atom is 0.118 e. The highest BCUT2D eigenvalue weighted by Crippen LogP contribution is 2.25. The van der Waals surface area contributed by atoms with Crippen molar-refractivity contribution in [2.75, 3.05) is 12.4 Å². The van der Waals surface area contributed by atoms with E-state index in [1.54, 1.807) is 7.11 Å². The first-order valence-electron chi connectivity index (χ1n) is 3.62. The topological polar surface area (TPSA) is 9.23 Å². The van der Waals surface area contributed by atoms with E-state index in [2.05, 4.69) is 44.0 Å². The predicted molar refractivity (Wildman–Crippen MR) is 58.5 cm³/mol. The van der Waals surface area contributed by atoms with E-state index >= 15 is 0 Å². The van der Waals surface area contributed by atoms with Crippen molar-refractivity contribution in [3.63, 3.8) is 0 Å². The van der Waals surface area contributed by atoms with Crippen LogP contribution < -0.4 is 4.74 Å². The van der Waals surface area contributed by atoms with E-state index in [9.17, 15) is 0 Å². The van der Waals surface area contributed by atoms with Crippen molar-refractivity contribution in [2.24, 2.45) is 0 Å². The van der Waals surface area contributed by atoms with Gasteiger partial charge in [-0.3, -0.25) is 0 Å². The monoisotopic (exact) mass is 292 g/mol. The molecule has 0 bridgehead atoms. The summed E-state index contributed by atoms with van der Waals surface area (Å²) < 4.78 is 5.06. The molecule has 0 radical (unpaired) electrons. The third-order valence-electron chi connectivity index (χ3n) is 1.61. The molecule has 0 unspecified atom stereocenters. The Morgan fingerprint density at radius 3 is 2.33 bits per heavy atom. The molecule has 0 N–H and O–H groups in total. The summed E-state index contributed by atoms with van der Waals surface area (Å²) in [5.74, 6) is 0.896. The molecular weight excluding hydrogens is 284 g/mol. The second-order valence-corrected chi connectivity index (χ2v) is 4.15. The average Bonchev–Trinajstić information content (AvgIpc) is 2.17. The Morgan fingerprint density at radius 1 is 1.33 bits per heavy atom. The van der Waals surface area contributed by atoms with Crippen molar-refractivity contribution in [1.82, 2.24) is 0 Å². The van der Waals surface area contributed by atoms with E-state index in [0.717, 1.165) is 11.1 Å². The SMILES string of the molecule is COc1ccc([C@@H](Br)CBr)cc1. The summed E-state index contributed by atoms with van der Waals surface area (Å²) in [5.41, 5.74) is 1.26. The molecule has 12 heavy (non-hydrogen) atoms. The van der Waals surface area contributed by atoms with Crippen molar-refractivity contribution >= 4 is 31.9 Å². The molecule has 0 spiro atoms. The Morgan fingerprint density at radius 2 is 1.92 bits per heavy atom. The van der Waals surface area contributed by atoms with Crippen LogP contribution in [0.25, 0.3) is 0 Å². The fraction of sp³-hybridized carbons (Fsp3) is 0.333. The van der Waals surface area contributed by atoms with Gasteiger partial charge in [0.15, 0.2) is 0 Å². The molecule has 1 aromatic rings. The van der Waals surface area contributed by atoms with E-state index in [1.165, 1.54) is 5.56 Å². The molecule has 0 aliphatic heterocycles. The van der Waals surface area contributed by atoms with Crippen molar-refractivity contribution < 1.29 is 4.74 Å². The molecule has 3 heteroatoms. The first-order chi connectivity index (χ1) is 5.77. The smallest absolute Gasteiger partial charge is 0.118 e. The lowest BCUT2D eigenvalue weighted by atomic mass is 10.2. The molecule has 1 nitrogen and oxygen atoms in total. The highest BCUT2D eigenvalue weighted by Gasteiger charge is 2.04. The number of alkyl halides is 2. The first kappa shape index (κ1) is 10.1. The summed E-state index contributed by atoms with van der Waals surface area (Å²) in [4.78, 5) is 0.378. The van der Waals surface area contributed by atoms with Gasteiger partial charge in [0.2, 0.25) is 0 Å². The zero-order valence-electron chi connectivity index (χ0n) is 6.76. The summed E-state index contributed by atoms with van der Waals surface area (Å²) in [6, 6.07) is 8.04. The number of hydrogen-bond donors (Lipinski definition) is 0. The van der Waals surface area contributed by atoms with Crippen LogP contribution in [0.4, 0.5) is 0 Å². The third-order valence-corrected chi connectivity index (χ3v) is 3.98. The maximum absolute atomic E-state index is 5.06. The summed E-state index contributed by atoms with van der Waals surface area (Å²) in [6.45, 7) is 0. The van der Waals surface area contributed by atoms with Crippen LogP contribution in [0.5, 0.6) is 5.75 Å². The van der Waals surface area contributed by atoms with Gasteiger partial charge < -0.3 is 4.74 Å². The molecule has 1 rings (SSSR count). The molecule has 1 aromatic carbocycles. The van der Waals surface area contributed by atoms with Crippen LogP contribution in [0.15, 0.2) is 24.3 Å². The Hall–Kier alpha value is -0.0200. The zero-order chi connectivity index (χ0) is 8.97. The highest BCUT2D eigenvalue weighted by atomic mass is 79.9. The van der Waals surface area contributed by atoms with Crippen molar-refractivity contribution in [3.05, 3.63) is 29.8 Å². The van der Waals surface area contributed by atoms with Gasteiger partial charge in [-0.05, 0) is 17.7 Å². The average molecular weight is 294 g/mol. The Bertz CT molecular complexity index is 233. The van der Waals surface area contributed by atoms with E-state index in [-0.39, 0.29) is 0 Å². The molecule has 0 aromatic heterocycles. The van der Waals surface area contributed by atoms with Gasteiger partial charge in [-0.1, -0.05) is 44.0 Å². The lowest BCUT2D eigenvalue weighted by molar-refractivity contribution is 0.414. The van der Waals surface area contributed by atoms with E-state index in [4.69, 9.17) is 4.74 Å². The van der Waals surface area contributed by atoms with E-state index in [0.29, 0.717) is 4.83 Å². The maximum atomic E-state index is 5.06. The van der Waals surface area contributed by atoms with Gasteiger partial charge >= 0.3 is 0 Å². The lowest BCUT2D eigenvalue weighted by Gasteiger charge is -2.06. The number of ether oxygens (including phenoxy) is 1. The molecule has 0 saturated carbocycles. The van der Waals surface area contributed by atoms with Gasteiger partial charge in [-0.25, -0.2) is 0 Å². The van der Waals surface area contributed by atoms with Crippen molar-refractivity contribution in [3.8, 4) is 5.75 Å². The standard InChI is InChI=1S/C9H10Br2O/c1-12-8-4-2-7(3-5-8)9(11)6-10/h2-5,9H,6H2,1H3/t9-/m0/s1. The number of hydrogen-bond acceptors (Lipinski definition) is 1. The quantitative estimate of drug-likeness (QED) is 0.775. The van der Waals surface area contributed by atoms with E-state index in [1.807, 2.05) is 12.1 Å². The molecule has 0 saturated heterocycles. The number of halogens is 2. The fourth-order valence-electron chi connectivity index (χ4n) is 0.902. The molecule has 0 amide bonds. The number of benzene rings is 1. The Balaban J connectivity index is 2.77. The summed E-state index contributed by atoms with van der Waals surface area (Å²) in [5, 5.41) is 0.916. The van der Waals surface area contributed by atoms with Crippen LogP contribution in [-0.2, 0) is 0 Å². The molecule has 0 aliphatic rings. The number of rotatable bonds is 3. The molecule has 0 aliphatic carbocycles. The fourth-order valence-corrected chi connectivity index (χ4v) is 1.58. The number of methoxy groups -OCH3 is 1. The second kappa shape index (κ2) is 4.87. The summed E-state index contributed by atoms with van der Waals surface area (Å²) >= 11 is 6.95. The van der Waals surface area contributed by atoms with Crippen LogP contribution in [0, 0.1) is 0 Å². The largest absolute Gasteiger partial charge is 0.497 e. The normalized spacial score (nSPS) is 12.6. The minimum atomic E-state index is 0.378. The van der Waals surface area contributed by atoms with Crippen LogP contribution in [-0.4, -0.2) is 12.4 Å². The van der Waals surface area contributed by atoms with Crippen molar-refractivity contribution in [1.29, 1.82) is 0 Å². The van der Waals surface area contributed by atoms with Crippen LogP contribution in [0.3, 0.4) is 0 Å². The lowest BCUT2D eigenvalue weighted by Crippen LogP contribution is -1.90. The van der Waals surface area contributed by atoms with Gasteiger partial charge in [0.1, 0.15) is 5.75 Å². The minimum Gasteiger partial charge on any atom is -0.497 e. The van der Waals surface area contributed by atoms with Crippen LogP contribution >= 0.6 is 31.9 Å². The van der Waals surface area contributed by atoms with Gasteiger partial charge in [-0.2, -0.15) is 0 Å². The van der Waals surface area contributed by atoms with E-state index < -0.39 is 0 Å². The van der Waals surface area contributed by atoms with Crippen molar-refractivity contribution in [2.45, 2.75) is 4.83 Å². The highest BCUT2D eigenvalue weighted by molar-refractivity contribution is 9.12. The van der Waals surface area contributed by atoms with Gasteiger partial charge in [0.25, 0.3) is 0 Å². The summed E-state index contributed by atoms with van der Waals surface area (Å²) in [6.07, 6.45) is 0. The molecule has 0 fully saturated rings. The Kier molecular flexibility index (Phi) is 4.09. The predicted octanol–water partition coefficient (Wildman–Crippen LogP) is 3.53. The minimum absolute atomic E-state index is 0.378. The molecule has 1 atom stereocenters. The Labute approximate surface area is 89.4 Å². The molecule has 0 heterocycles. The van der Waals surface area contributed by atoms with Gasteiger partial charge in [0, 0.05) is 10.2 Å². The summed E-state index contributed by atoms with van der Waals surface area (Å²) in [7, 11) is 1.67. The van der Waals surface area contributed by atoms with Gasteiger partial charge in [0.05, 0.1) is 7.11 Å². The first-order valence-corrected chi connectivity index (χ1v) is 5.65. The van der Waals surface area contributed by atoms with Crippen LogP contribution in [0.2, 0.25) is 0 Å². The second-order valence-electron chi connectivity index (χ2n) is 2.39. The zero-order valence-corrected chi connectivity index (χ0v) is 9.93. The molecule has 66 valence electrons. The third kappa shape index (κ3) is 2.49. The molecular formula is C9H10Br2O. The van der Waals surface area contributed by atoms with Gasteiger partial charge in [-0.15, -0.1) is 0 Å². The van der Waals surface area contributed by atoms with Crippen LogP contribution in [0.1, 0.15) is 10.4 Å².